The Morgan fingerprint density at radius 2 is 1.71 bits per heavy atom. The van der Waals surface area contributed by atoms with Crippen molar-refractivity contribution in [1.82, 2.24) is 0 Å². The molecule has 0 unspecified atom stereocenters. The highest BCUT2D eigenvalue weighted by atomic mass is 32.1. The lowest BCUT2D eigenvalue weighted by Gasteiger charge is -2.52. The highest BCUT2D eigenvalue weighted by Gasteiger charge is 2.52. The van der Waals surface area contributed by atoms with Gasteiger partial charge in [-0.15, -0.1) is 11.3 Å². The normalized spacial score (nSPS) is 26.3. The lowest BCUT2D eigenvalue weighted by atomic mass is 9.81. The van der Waals surface area contributed by atoms with Crippen LogP contribution in [0.15, 0.2) is 66.0 Å². The number of nitrogens with zero attached hydrogens (tertiary/aromatic N) is 1. The number of carbonyl (C=O) groups excluding carboxylic acids is 1. The van der Waals surface area contributed by atoms with E-state index in [-0.39, 0.29) is 6.10 Å². The van der Waals surface area contributed by atoms with Gasteiger partial charge in [0.15, 0.2) is 6.10 Å². The van der Waals surface area contributed by atoms with Gasteiger partial charge in [0.25, 0.3) is 0 Å². The maximum atomic E-state index is 13.7. The van der Waals surface area contributed by atoms with E-state index in [0.717, 1.165) is 56.3 Å². The maximum Gasteiger partial charge on any atom is 0.348 e. The summed E-state index contributed by atoms with van der Waals surface area (Å²) >= 11 is 1.82. The Hall–Kier alpha value is -2.67. The molecule has 1 atom stereocenters. The van der Waals surface area contributed by atoms with Crippen molar-refractivity contribution in [2.24, 2.45) is 5.92 Å². The minimum Gasteiger partial charge on any atom is -0.457 e. The molecule has 176 valence electrons. The molecule has 7 rings (SSSR count). The van der Waals surface area contributed by atoms with Crippen LogP contribution in [0.1, 0.15) is 35.3 Å². The van der Waals surface area contributed by atoms with Gasteiger partial charge in [-0.1, -0.05) is 42.5 Å². The Bertz CT molecular complexity index is 1140. The maximum absolute atomic E-state index is 13.7. The van der Waals surface area contributed by atoms with Gasteiger partial charge in [0.2, 0.25) is 5.60 Å². The number of quaternary nitrogens is 1. The van der Waals surface area contributed by atoms with Crippen molar-refractivity contribution in [2.75, 3.05) is 26.2 Å². The lowest BCUT2D eigenvalue weighted by Crippen LogP contribution is -2.65. The highest BCUT2D eigenvalue weighted by molar-refractivity contribution is 7.09. The van der Waals surface area contributed by atoms with Crippen LogP contribution in [0, 0.1) is 5.92 Å². The van der Waals surface area contributed by atoms with Crippen LogP contribution in [0.25, 0.3) is 0 Å². The number of fused-ring (bicyclic) bond motifs is 5. The molecule has 1 aromatic heterocycles. The van der Waals surface area contributed by atoms with Crippen LogP contribution in [0.3, 0.4) is 0 Å². The van der Waals surface area contributed by atoms with Crippen LogP contribution >= 0.6 is 11.3 Å². The molecule has 34 heavy (non-hydrogen) atoms. The van der Waals surface area contributed by atoms with Crippen molar-refractivity contribution >= 4 is 17.3 Å². The van der Waals surface area contributed by atoms with Gasteiger partial charge in [-0.3, -0.25) is 0 Å². The van der Waals surface area contributed by atoms with Gasteiger partial charge in [-0.2, -0.15) is 0 Å². The number of rotatable bonds is 6. The molecule has 0 radical (unpaired) electrons. The zero-order chi connectivity index (χ0) is 23.2. The second kappa shape index (κ2) is 8.52. The summed E-state index contributed by atoms with van der Waals surface area (Å²) in [6.45, 7) is 4.28. The first-order valence-electron chi connectivity index (χ1n) is 12.3. The minimum absolute atomic E-state index is 0.164. The fourth-order valence-electron chi connectivity index (χ4n) is 6.13. The SMILES string of the molecule is O=C(O[C@H]1C[N+]2(CCCc3cccs3)CCC1CC2)C1(O)c2ccccc2Oc2ccccc21. The van der Waals surface area contributed by atoms with Crippen LogP contribution in [-0.4, -0.2) is 47.8 Å². The van der Waals surface area contributed by atoms with Crippen LogP contribution in [0.5, 0.6) is 11.5 Å². The smallest absolute Gasteiger partial charge is 0.348 e. The first kappa shape index (κ1) is 21.8. The van der Waals surface area contributed by atoms with Crippen molar-refractivity contribution < 1.29 is 23.9 Å². The molecule has 2 bridgehead atoms. The number of carbonyl (C=O) groups is 1. The number of aliphatic hydroxyl groups is 1. The van der Waals surface area contributed by atoms with E-state index in [2.05, 4.69) is 17.5 Å². The quantitative estimate of drug-likeness (QED) is 0.407. The lowest BCUT2D eigenvalue weighted by molar-refractivity contribution is -0.946. The van der Waals surface area contributed by atoms with Crippen LogP contribution in [0.2, 0.25) is 0 Å². The molecule has 0 saturated carbocycles. The molecule has 5 heterocycles. The first-order valence-corrected chi connectivity index (χ1v) is 13.1. The van der Waals surface area contributed by atoms with Crippen molar-refractivity contribution in [1.29, 1.82) is 0 Å². The molecule has 0 aliphatic carbocycles. The molecular formula is C28H30NO4S+. The molecule has 1 N–H and O–H groups in total. The van der Waals surface area contributed by atoms with Gasteiger partial charge in [0, 0.05) is 41.2 Å². The number of aryl methyl sites for hydroxylation is 1. The van der Waals surface area contributed by atoms with Crippen LogP contribution < -0.4 is 4.74 Å². The zero-order valence-electron chi connectivity index (χ0n) is 19.2. The van der Waals surface area contributed by atoms with Crippen molar-refractivity contribution in [2.45, 2.75) is 37.4 Å². The second-order valence-corrected chi connectivity index (χ2v) is 11.0. The average molecular weight is 477 g/mol. The topological polar surface area (TPSA) is 55.8 Å². The van der Waals surface area contributed by atoms with E-state index in [9.17, 15) is 9.90 Å². The Kier molecular flexibility index (Phi) is 5.47. The number of ether oxygens (including phenoxy) is 2. The molecule has 3 fully saturated rings. The van der Waals surface area contributed by atoms with Crippen LogP contribution in [0.4, 0.5) is 0 Å². The summed E-state index contributed by atoms with van der Waals surface area (Å²) in [7, 11) is 0. The number of benzene rings is 2. The first-order chi connectivity index (χ1) is 16.6. The molecule has 2 aromatic carbocycles. The van der Waals surface area contributed by atoms with Gasteiger partial charge in [-0.25, -0.2) is 4.79 Å². The zero-order valence-corrected chi connectivity index (χ0v) is 20.0. The van der Waals surface area contributed by atoms with Crippen LogP contribution in [-0.2, 0) is 21.6 Å². The molecule has 0 amide bonds. The number of para-hydroxylation sites is 2. The third-order valence-corrected chi connectivity index (χ3v) is 8.94. The van der Waals surface area contributed by atoms with E-state index in [0.29, 0.717) is 28.5 Å². The van der Waals surface area contributed by atoms with Gasteiger partial charge in [-0.05, 0) is 30.0 Å². The largest absolute Gasteiger partial charge is 0.457 e. The summed E-state index contributed by atoms with van der Waals surface area (Å²) in [5.41, 5.74) is -0.985. The summed E-state index contributed by atoms with van der Waals surface area (Å²) in [5, 5.41) is 14.0. The van der Waals surface area contributed by atoms with Gasteiger partial charge in [0.1, 0.15) is 18.0 Å². The third-order valence-electron chi connectivity index (χ3n) is 8.00. The third kappa shape index (κ3) is 3.65. The monoisotopic (exact) mass is 476 g/mol. The van der Waals surface area contributed by atoms with Crippen molar-refractivity contribution in [3.05, 3.63) is 82.0 Å². The summed E-state index contributed by atoms with van der Waals surface area (Å²) in [5.74, 6) is 0.764. The predicted molar refractivity (Wildman–Crippen MR) is 131 cm³/mol. The van der Waals surface area contributed by atoms with E-state index >= 15 is 0 Å². The fraction of sp³-hybridized carbons (Fsp3) is 0.393. The Morgan fingerprint density at radius 1 is 1.03 bits per heavy atom. The number of hydrogen-bond donors (Lipinski definition) is 1. The van der Waals surface area contributed by atoms with E-state index in [1.54, 1.807) is 24.3 Å². The number of piperidine rings is 3. The molecule has 4 aliphatic rings. The van der Waals surface area contributed by atoms with E-state index in [1.807, 2.05) is 35.6 Å². The Labute approximate surface area is 204 Å². The fourth-order valence-corrected chi connectivity index (χ4v) is 6.88. The summed E-state index contributed by atoms with van der Waals surface area (Å²) < 4.78 is 13.2. The van der Waals surface area contributed by atoms with Gasteiger partial charge in [0.05, 0.1) is 19.6 Å². The molecule has 6 heteroatoms. The number of esters is 1. The molecular weight excluding hydrogens is 446 g/mol. The van der Waals surface area contributed by atoms with Gasteiger partial charge < -0.3 is 19.1 Å². The summed E-state index contributed by atoms with van der Waals surface area (Å²) in [6.07, 6.45) is 4.24. The molecule has 4 aliphatic heterocycles. The molecule has 3 saturated heterocycles. The Morgan fingerprint density at radius 3 is 2.35 bits per heavy atom. The van der Waals surface area contributed by atoms with E-state index in [4.69, 9.17) is 9.47 Å². The Balaban J connectivity index is 1.22. The minimum atomic E-state index is -1.87. The molecule has 5 nitrogen and oxygen atoms in total. The standard InChI is InChI=1S/C28H30NO4S/c30-27(28(31)22-9-1-3-11-24(22)32-25-12-4-2-10-23(25)28)33-26-19-29(16-13-20(26)14-17-29)15-5-7-21-8-6-18-34-21/h1-4,6,8-12,18,20,26,31H,5,7,13-17,19H2/q+1/t20?,26-,29?/m0/s1. The van der Waals surface area contributed by atoms with Gasteiger partial charge >= 0.3 is 5.97 Å². The van der Waals surface area contributed by atoms with E-state index in [1.165, 1.54) is 4.88 Å². The average Bonchev–Trinajstić information content (AvgIpc) is 3.38. The summed E-state index contributed by atoms with van der Waals surface area (Å²) in [4.78, 5) is 15.2. The predicted octanol–water partition coefficient (Wildman–Crippen LogP) is 4.87. The molecule has 3 aromatic rings. The second-order valence-electron chi connectivity index (χ2n) is 9.96. The number of thiophene rings is 1. The van der Waals surface area contributed by atoms with Crippen molar-refractivity contribution in [3.8, 4) is 11.5 Å². The molecule has 0 spiro atoms. The number of hydrogen-bond acceptors (Lipinski definition) is 5. The summed E-state index contributed by atoms with van der Waals surface area (Å²) in [6, 6.07) is 18.7. The van der Waals surface area contributed by atoms with E-state index < -0.39 is 11.6 Å². The van der Waals surface area contributed by atoms with Crippen molar-refractivity contribution in [3.63, 3.8) is 0 Å². The highest BCUT2D eigenvalue weighted by Crippen LogP contribution is 2.48.